The van der Waals surface area contributed by atoms with Gasteiger partial charge in [0.2, 0.25) is 5.91 Å². The van der Waals surface area contributed by atoms with E-state index in [1.165, 1.54) is 19.1 Å². The Morgan fingerprint density at radius 3 is 2.64 bits per heavy atom. The molecular weight excluding hydrogens is 345 g/mol. The van der Waals surface area contributed by atoms with Crippen molar-refractivity contribution in [1.29, 1.82) is 0 Å². The summed E-state index contributed by atoms with van der Waals surface area (Å²) in [7, 11) is 0. The molecule has 6 heteroatoms. The van der Waals surface area contributed by atoms with E-state index in [9.17, 15) is 14.0 Å². The normalized spacial score (nSPS) is 10.4. The summed E-state index contributed by atoms with van der Waals surface area (Å²) in [5.74, 6) is -0.509. The molecule has 0 spiro atoms. The molecule has 1 amide bonds. The van der Waals surface area contributed by atoms with Crippen LogP contribution in [0.25, 0.3) is 0 Å². The maximum Gasteiger partial charge on any atom is 0.224 e. The van der Waals surface area contributed by atoms with Gasteiger partial charge in [0, 0.05) is 17.7 Å². The fraction of sp³-hybridized carbons (Fsp3) is 0.263. The van der Waals surface area contributed by atoms with E-state index in [4.69, 9.17) is 16.3 Å². The summed E-state index contributed by atoms with van der Waals surface area (Å²) < 4.78 is 19.4. The molecule has 0 radical (unpaired) electrons. The van der Waals surface area contributed by atoms with Crippen LogP contribution < -0.4 is 10.1 Å². The van der Waals surface area contributed by atoms with Gasteiger partial charge in [-0.05, 0) is 43.7 Å². The SMILES string of the molecule is CCCC(=O)Nc1ccc(OCc2c(F)cccc2Cl)c(C(C)=O)c1. The summed E-state index contributed by atoms with van der Waals surface area (Å²) in [6, 6.07) is 9.14. The lowest BCUT2D eigenvalue weighted by atomic mass is 10.1. The predicted molar refractivity (Wildman–Crippen MR) is 95.7 cm³/mol. The van der Waals surface area contributed by atoms with Crippen molar-refractivity contribution in [2.24, 2.45) is 0 Å². The number of Topliss-reactive ketones (excluding diaryl/α,β-unsaturated/α-hetero) is 1. The summed E-state index contributed by atoms with van der Waals surface area (Å²) in [4.78, 5) is 23.6. The summed E-state index contributed by atoms with van der Waals surface area (Å²) >= 11 is 5.98. The smallest absolute Gasteiger partial charge is 0.224 e. The molecule has 132 valence electrons. The van der Waals surface area contributed by atoms with E-state index in [1.54, 1.807) is 24.3 Å². The summed E-state index contributed by atoms with van der Waals surface area (Å²) in [5, 5.41) is 2.99. The number of halogens is 2. The molecule has 0 saturated heterocycles. The summed E-state index contributed by atoms with van der Waals surface area (Å²) in [6.45, 7) is 3.20. The van der Waals surface area contributed by atoms with Gasteiger partial charge < -0.3 is 10.1 Å². The van der Waals surface area contributed by atoms with Gasteiger partial charge in [-0.1, -0.05) is 24.6 Å². The maximum atomic E-state index is 13.8. The third-order valence-corrected chi connectivity index (χ3v) is 3.91. The lowest BCUT2D eigenvalue weighted by molar-refractivity contribution is -0.116. The quantitative estimate of drug-likeness (QED) is 0.704. The highest BCUT2D eigenvalue weighted by Crippen LogP contribution is 2.26. The number of carbonyl (C=O) groups excluding carboxylic acids is 2. The third kappa shape index (κ3) is 5.03. The van der Waals surface area contributed by atoms with Crippen LogP contribution >= 0.6 is 11.6 Å². The van der Waals surface area contributed by atoms with E-state index in [0.29, 0.717) is 23.4 Å². The summed E-state index contributed by atoms with van der Waals surface area (Å²) in [6.07, 6.45) is 1.13. The first kappa shape index (κ1) is 18.9. The van der Waals surface area contributed by atoms with Crippen molar-refractivity contribution in [3.05, 3.63) is 58.4 Å². The Bertz CT molecular complexity index is 772. The van der Waals surface area contributed by atoms with Crippen LogP contribution in [-0.4, -0.2) is 11.7 Å². The van der Waals surface area contributed by atoms with Gasteiger partial charge in [-0.15, -0.1) is 0 Å². The van der Waals surface area contributed by atoms with Crippen molar-refractivity contribution in [1.82, 2.24) is 0 Å². The minimum Gasteiger partial charge on any atom is -0.488 e. The van der Waals surface area contributed by atoms with Crippen LogP contribution in [0.2, 0.25) is 5.02 Å². The molecule has 0 bridgehead atoms. The number of anilines is 1. The van der Waals surface area contributed by atoms with Gasteiger partial charge in [-0.3, -0.25) is 9.59 Å². The minimum absolute atomic E-state index is 0.104. The van der Waals surface area contributed by atoms with Gasteiger partial charge in [0.1, 0.15) is 18.2 Å². The first-order chi connectivity index (χ1) is 11.9. The highest BCUT2D eigenvalue weighted by atomic mass is 35.5. The van der Waals surface area contributed by atoms with Crippen LogP contribution in [-0.2, 0) is 11.4 Å². The zero-order valence-corrected chi connectivity index (χ0v) is 14.8. The Morgan fingerprint density at radius 2 is 2.00 bits per heavy atom. The molecule has 0 atom stereocenters. The van der Waals surface area contributed by atoms with Gasteiger partial charge in [-0.25, -0.2) is 4.39 Å². The highest BCUT2D eigenvalue weighted by Gasteiger charge is 2.13. The molecule has 1 N–H and O–H groups in total. The van der Waals surface area contributed by atoms with Crippen LogP contribution in [0.1, 0.15) is 42.6 Å². The number of hydrogen-bond acceptors (Lipinski definition) is 3. The lowest BCUT2D eigenvalue weighted by Crippen LogP contribution is -2.11. The fourth-order valence-corrected chi connectivity index (χ4v) is 2.50. The Balaban J connectivity index is 2.20. The number of benzene rings is 2. The van der Waals surface area contributed by atoms with E-state index in [-0.39, 0.29) is 28.9 Å². The molecule has 0 fully saturated rings. The highest BCUT2D eigenvalue weighted by molar-refractivity contribution is 6.31. The van der Waals surface area contributed by atoms with Gasteiger partial charge in [0.05, 0.1) is 10.6 Å². The fourth-order valence-electron chi connectivity index (χ4n) is 2.28. The molecule has 4 nitrogen and oxygen atoms in total. The third-order valence-electron chi connectivity index (χ3n) is 3.55. The molecule has 0 aliphatic carbocycles. The molecule has 2 rings (SSSR count). The predicted octanol–water partition coefficient (Wildman–Crippen LogP) is 5.00. The number of hydrogen-bond donors (Lipinski definition) is 1. The number of carbonyl (C=O) groups is 2. The van der Waals surface area contributed by atoms with Crippen molar-refractivity contribution < 1.29 is 18.7 Å². The average Bonchev–Trinajstić information content (AvgIpc) is 2.55. The van der Waals surface area contributed by atoms with Crippen molar-refractivity contribution in [3.63, 3.8) is 0 Å². The lowest BCUT2D eigenvalue weighted by Gasteiger charge is -2.13. The van der Waals surface area contributed by atoms with E-state index < -0.39 is 5.82 Å². The molecule has 0 unspecified atom stereocenters. The zero-order valence-electron chi connectivity index (χ0n) is 14.1. The standard InChI is InChI=1S/C19H19ClFNO3/c1-3-5-19(24)22-13-8-9-18(14(10-13)12(2)23)25-11-15-16(20)6-4-7-17(15)21/h4,6-10H,3,5,11H2,1-2H3,(H,22,24). The summed E-state index contributed by atoms with van der Waals surface area (Å²) in [5.41, 5.74) is 1.04. The van der Waals surface area contributed by atoms with E-state index >= 15 is 0 Å². The topological polar surface area (TPSA) is 55.4 Å². The first-order valence-electron chi connectivity index (χ1n) is 7.93. The van der Waals surface area contributed by atoms with Crippen LogP contribution in [0.15, 0.2) is 36.4 Å². The average molecular weight is 364 g/mol. The van der Waals surface area contributed by atoms with Crippen LogP contribution in [0, 0.1) is 5.82 Å². The number of ketones is 1. The Morgan fingerprint density at radius 1 is 1.24 bits per heavy atom. The maximum absolute atomic E-state index is 13.8. The van der Waals surface area contributed by atoms with Crippen LogP contribution in [0.5, 0.6) is 5.75 Å². The Hall–Kier alpha value is -2.40. The first-order valence-corrected chi connectivity index (χ1v) is 8.30. The zero-order chi connectivity index (χ0) is 18.4. The second-order valence-corrected chi connectivity index (χ2v) is 5.96. The number of ether oxygens (including phenoxy) is 1. The molecule has 2 aromatic rings. The Kier molecular flexibility index (Phi) is 6.53. The molecular formula is C19H19ClFNO3. The molecule has 0 aliphatic heterocycles. The van der Waals surface area contributed by atoms with Gasteiger partial charge in [-0.2, -0.15) is 0 Å². The second-order valence-electron chi connectivity index (χ2n) is 5.55. The monoisotopic (exact) mass is 363 g/mol. The van der Waals surface area contributed by atoms with Crippen molar-refractivity contribution >= 4 is 29.0 Å². The molecule has 2 aromatic carbocycles. The number of amides is 1. The second kappa shape index (κ2) is 8.62. The largest absolute Gasteiger partial charge is 0.488 e. The molecule has 0 aromatic heterocycles. The van der Waals surface area contributed by atoms with E-state index in [0.717, 1.165) is 6.42 Å². The van der Waals surface area contributed by atoms with Gasteiger partial charge >= 0.3 is 0 Å². The van der Waals surface area contributed by atoms with Gasteiger partial charge in [0.25, 0.3) is 0 Å². The van der Waals surface area contributed by atoms with Crippen LogP contribution in [0.3, 0.4) is 0 Å². The van der Waals surface area contributed by atoms with Crippen molar-refractivity contribution in [2.75, 3.05) is 5.32 Å². The number of nitrogens with one attached hydrogen (secondary N) is 1. The molecule has 25 heavy (non-hydrogen) atoms. The van der Waals surface area contributed by atoms with Gasteiger partial charge in [0.15, 0.2) is 5.78 Å². The van der Waals surface area contributed by atoms with Crippen molar-refractivity contribution in [2.45, 2.75) is 33.3 Å². The van der Waals surface area contributed by atoms with E-state index in [1.807, 2.05) is 6.92 Å². The minimum atomic E-state index is -0.472. The van der Waals surface area contributed by atoms with Crippen molar-refractivity contribution in [3.8, 4) is 5.75 Å². The number of rotatable bonds is 7. The Labute approximate surface area is 150 Å². The molecule has 0 saturated carbocycles. The molecule has 0 aliphatic rings. The molecule has 0 heterocycles. The van der Waals surface area contributed by atoms with E-state index in [2.05, 4.69) is 5.32 Å². The van der Waals surface area contributed by atoms with Crippen LogP contribution in [0.4, 0.5) is 10.1 Å².